The van der Waals surface area contributed by atoms with E-state index in [1.54, 1.807) is 0 Å². The zero-order valence-electron chi connectivity index (χ0n) is 6.64. The number of aliphatic hydroxyl groups is 1. The van der Waals surface area contributed by atoms with Crippen molar-refractivity contribution < 1.29 is 5.11 Å². The van der Waals surface area contributed by atoms with E-state index < -0.39 is 0 Å². The van der Waals surface area contributed by atoms with Gasteiger partial charge in [-0.1, -0.05) is 19.3 Å². The molecule has 0 saturated heterocycles. The Hall–Kier alpha value is -0.480. The number of terminal acetylenes is 1. The second-order valence-corrected chi connectivity index (χ2v) is 3.06. The van der Waals surface area contributed by atoms with Crippen molar-refractivity contribution in [2.45, 2.75) is 44.6 Å². The van der Waals surface area contributed by atoms with Gasteiger partial charge in [-0.25, -0.2) is 0 Å². The lowest BCUT2D eigenvalue weighted by Gasteiger charge is -2.27. The van der Waals surface area contributed by atoms with Gasteiger partial charge >= 0.3 is 0 Å². The van der Waals surface area contributed by atoms with E-state index in [-0.39, 0.29) is 5.60 Å². The van der Waals surface area contributed by atoms with Gasteiger partial charge in [0.05, 0.1) is 5.60 Å². The van der Waals surface area contributed by atoms with Crippen LogP contribution in [0, 0.1) is 12.8 Å². The highest BCUT2D eigenvalue weighted by molar-refractivity contribution is 4.76. The Morgan fingerprint density at radius 2 is 1.50 bits per heavy atom. The van der Waals surface area contributed by atoms with Crippen molar-refractivity contribution in [2.24, 2.45) is 0 Å². The highest BCUT2D eigenvalue weighted by Gasteiger charge is 2.22. The Balaban J connectivity index is 0.000000371. The summed E-state index contributed by atoms with van der Waals surface area (Å²) in [6.07, 6.45) is 13.8. The van der Waals surface area contributed by atoms with Gasteiger partial charge in [0.25, 0.3) is 0 Å². The molecule has 0 unspecified atom stereocenters. The fourth-order valence-electron chi connectivity index (χ4n) is 1.31. The van der Waals surface area contributed by atoms with E-state index in [0.717, 1.165) is 12.8 Å². The second-order valence-electron chi connectivity index (χ2n) is 3.06. The van der Waals surface area contributed by atoms with Crippen LogP contribution in [0.1, 0.15) is 39.0 Å². The Labute approximate surface area is 63.5 Å². The highest BCUT2D eigenvalue weighted by Crippen LogP contribution is 2.26. The van der Waals surface area contributed by atoms with Crippen LogP contribution in [0.15, 0.2) is 0 Å². The summed E-state index contributed by atoms with van der Waals surface area (Å²) in [6, 6.07) is 0. The molecule has 1 N–H and O–H groups in total. The standard InChI is InChI=1S/C7H14O.C2H2/c1-7(8)5-3-2-4-6-7;1-2/h8H,2-6H2,1H3;1-2H. The van der Waals surface area contributed by atoms with Crippen LogP contribution in [-0.2, 0) is 0 Å². The van der Waals surface area contributed by atoms with Gasteiger partial charge in [0.1, 0.15) is 0 Å². The van der Waals surface area contributed by atoms with Crippen molar-refractivity contribution >= 4 is 0 Å². The normalized spacial score (nSPS) is 22.4. The topological polar surface area (TPSA) is 20.2 Å². The molecule has 0 atom stereocenters. The van der Waals surface area contributed by atoms with Gasteiger partial charge in [0, 0.05) is 0 Å². The molecule has 1 saturated carbocycles. The fraction of sp³-hybridized carbons (Fsp3) is 0.778. The van der Waals surface area contributed by atoms with E-state index in [1.807, 2.05) is 6.92 Å². The molecule has 1 fully saturated rings. The van der Waals surface area contributed by atoms with Crippen molar-refractivity contribution in [3.8, 4) is 12.8 Å². The molecule has 0 bridgehead atoms. The van der Waals surface area contributed by atoms with E-state index in [9.17, 15) is 5.11 Å². The largest absolute Gasteiger partial charge is 0.390 e. The molecule has 1 aliphatic carbocycles. The predicted molar refractivity (Wildman–Crippen MR) is 43.6 cm³/mol. The molecule has 0 aromatic carbocycles. The number of hydrogen-bond donors (Lipinski definition) is 1. The molecule has 0 radical (unpaired) electrons. The minimum Gasteiger partial charge on any atom is -0.390 e. The van der Waals surface area contributed by atoms with Crippen LogP contribution in [0.3, 0.4) is 0 Å². The summed E-state index contributed by atoms with van der Waals surface area (Å²) < 4.78 is 0. The highest BCUT2D eigenvalue weighted by atomic mass is 16.3. The van der Waals surface area contributed by atoms with Gasteiger partial charge in [-0.3, -0.25) is 0 Å². The van der Waals surface area contributed by atoms with Crippen molar-refractivity contribution in [1.29, 1.82) is 0 Å². The summed E-state index contributed by atoms with van der Waals surface area (Å²) in [5.74, 6) is 0. The van der Waals surface area contributed by atoms with Gasteiger partial charge < -0.3 is 5.11 Å². The van der Waals surface area contributed by atoms with Gasteiger partial charge in [0.15, 0.2) is 0 Å². The lowest BCUT2D eigenvalue weighted by Crippen LogP contribution is -2.26. The Morgan fingerprint density at radius 1 is 1.10 bits per heavy atom. The maximum atomic E-state index is 9.37. The summed E-state index contributed by atoms with van der Waals surface area (Å²) in [6.45, 7) is 1.94. The minimum absolute atomic E-state index is 0.321. The maximum Gasteiger partial charge on any atom is 0.0619 e. The zero-order valence-corrected chi connectivity index (χ0v) is 6.64. The first-order chi connectivity index (χ1) is 4.71. The average molecular weight is 140 g/mol. The number of hydrogen-bond acceptors (Lipinski definition) is 1. The third-order valence-electron chi connectivity index (χ3n) is 1.93. The van der Waals surface area contributed by atoms with Crippen LogP contribution in [-0.4, -0.2) is 10.7 Å². The van der Waals surface area contributed by atoms with Crippen LogP contribution >= 0.6 is 0 Å². The number of rotatable bonds is 0. The Kier molecular flexibility index (Phi) is 4.14. The first kappa shape index (κ1) is 9.52. The van der Waals surface area contributed by atoms with Crippen LogP contribution in [0.25, 0.3) is 0 Å². The third-order valence-corrected chi connectivity index (χ3v) is 1.93. The average Bonchev–Trinajstić information content (AvgIpc) is 1.92. The summed E-state index contributed by atoms with van der Waals surface area (Å²) in [5.41, 5.74) is -0.321. The SMILES string of the molecule is C#C.CC1(O)CCCCC1. The molecule has 0 aliphatic heterocycles. The van der Waals surface area contributed by atoms with Gasteiger partial charge in [0.2, 0.25) is 0 Å². The molecule has 0 spiro atoms. The van der Waals surface area contributed by atoms with Crippen molar-refractivity contribution in [2.75, 3.05) is 0 Å². The summed E-state index contributed by atoms with van der Waals surface area (Å²) >= 11 is 0. The molecule has 1 aliphatic rings. The van der Waals surface area contributed by atoms with Crippen molar-refractivity contribution in [1.82, 2.24) is 0 Å². The Morgan fingerprint density at radius 3 is 1.70 bits per heavy atom. The maximum absolute atomic E-state index is 9.37. The summed E-state index contributed by atoms with van der Waals surface area (Å²) in [5, 5.41) is 9.37. The monoisotopic (exact) mass is 140 g/mol. The molecular weight excluding hydrogens is 124 g/mol. The first-order valence-electron chi connectivity index (χ1n) is 3.76. The molecule has 1 nitrogen and oxygen atoms in total. The van der Waals surface area contributed by atoms with Gasteiger partial charge in [-0.15, -0.1) is 12.8 Å². The van der Waals surface area contributed by atoms with Crippen LogP contribution in [0.4, 0.5) is 0 Å². The molecule has 0 amide bonds. The van der Waals surface area contributed by atoms with E-state index in [0.29, 0.717) is 0 Å². The van der Waals surface area contributed by atoms with E-state index >= 15 is 0 Å². The quantitative estimate of drug-likeness (QED) is 0.510. The Bertz CT molecular complexity index is 94.5. The minimum atomic E-state index is -0.321. The molecular formula is C9H16O. The molecule has 0 heterocycles. The molecule has 1 heteroatoms. The van der Waals surface area contributed by atoms with Gasteiger partial charge in [-0.05, 0) is 19.8 Å². The molecule has 0 aromatic rings. The van der Waals surface area contributed by atoms with Crippen LogP contribution in [0.5, 0.6) is 0 Å². The van der Waals surface area contributed by atoms with Crippen molar-refractivity contribution in [3.05, 3.63) is 0 Å². The third kappa shape index (κ3) is 3.53. The fourth-order valence-corrected chi connectivity index (χ4v) is 1.31. The van der Waals surface area contributed by atoms with E-state index in [4.69, 9.17) is 0 Å². The summed E-state index contributed by atoms with van der Waals surface area (Å²) in [4.78, 5) is 0. The molecule has 0 aromatic heterocycles. The molecule has 58 valence electrons. The lowest BCUT2D eigenvalue weighted by atomic mass is 9.87. The predicted octanol–water partition coefficient (Wildman–Crippen LogP) is 1.95. The summed E-state index contributed by atoms with van der Waals surface area (Å²) in [7, 11) is 0. The van der Waals surface area contributed by atoms with Crippen LogP contribution in [0.2, 0.25) is 0 Å². The van der Waals surface area contributed by atoms with E-state index in [2.05, 4.69) is 12.8 Å². The smallest absolute Gasteiger partial charge is 0.0619 e. The lowest BCUT2D eigenvalue weighted by molar-refractivity contribution is 0.0225. The molecule has 10 heavy (non-hydrogen) atoms. The van der Waals surface area contributed by atoms with Crippen LogP contribution < -0.4 is 0 Å². The van der Waals surface area contributed by atoms with Gasteiger partial charge in [-0.2, -0.15) is 0 Å². The second kappa shape index (κ2) is 4.35. The first-order valence-corrected chi connectivity index (χ1v) is 3.76. The van der Waals surface area contributed by atoms with Crippen molar-refractivity contribution in [3.63, 3.8) is 0 Å². The zero-order chi connectivity index (χ0) is 8.04. The van der Waals surface area contributed by atoms with E-state index in [1.165, 1.54) is 19.3 Å². The molecule has 1 rings (SSSR count).